The van der Waals surface area contributed by atoms with E-state index in [1.807, 2.05) is 0 Å². The molecule has 0 aliphatic carbocycles. The molecule has 0 spiro atoms. The van der Waals surface area contributed by atoms with E-state index in [0.29, 0.717) is 6.07 Å². The van der Waals surface area contributed by atoms with Crippen LogP contribution < -0.4 is 0 Å². The molecule has 0 atom stereocenters. The van der Waals surface area contributed by atoms with Crippen LogP contribution in [0.3, 0.4) is 0 Å². The highest BCUT2D eigenvalue weighted by atomic mass is 35.5. The lowest BCUT2D eigenvalue weighted by Gasteiger charge is -2.05. The van der Waals surface area contributed by atoms with Gasteiger partial charge in [-0.3, -0.25) is 20.2 Å². The number of benzene rings is 1. The summed E-state index contributed by atoms with van der Waals surface area (Å²) < 4.78 is 36.7. The molecule has 0 amide bonds. The van der Waals surface area contributed by atoms with E-state index in [1.54, 1.807) is 0 Å². The zero-order valence-corrected chi connectivity index (χ0v) is 8.62. The molecule has 0 aromatic heterocycles. The predicted octanol–water partition coefficient (Wildman–Crippen LogP) is 2.94. The van der Waals surface area contributed by atoms with Gasteiger partial charge in [0.2, 0.25) is 0 Å². The minimum atomic E-state index is -4.86. The number of rotatable bonds is 2. The highest BCUT2D eigenvalue weighted by Crippen LogP contribution is 2.34. The molecule has 94 valence electrons. The summed E-state index contributed by atoms with van der Waals surface area (Å²) in [4.78, 5) is 18.3. The molecule has 0 aliphatic rings. The normalized spacial score (nSPS) is 10.5. The van der Waals surface area contributed by atoms with E-state index < -0.39 is 33.0 Å². The van der Waals surface area contributed by atoms with Crippen LogP contribution in [-0.2, 0) is 6.18 Å². The van der Waals surface area contributed by atoms with Crippen molar-refractivity contribution in [3.05, 3.63) is 44.0 Å². The Hall–Kier alpha value is -1.90. The second-order valence-corrected chi connectivity index (χ2v) is 2.75. The molecule has 10 heteroatoms. The predicted molar refractivity (Wildman–Crippen MR) is 52.0 cm³/mol. The summed E-state index contributed by atoms with van der Waals surface area (Å²) in [6, 6.07) is 0.954. The van der Waals surface area contributed by atoms with Gasteiger partial charge in [-0.15, -0.1) is 12.4 Å². The monoisotopic (exact) mass is 272 g/mol. The number of hydrogen-bond donors (Lipinski definition) is 0. The second-order valence-electron chi connectivity index (χ2n) is 2.75. The molecule has 1 aromatic carbocycles. The van der Waals surface area contributed by atoms with Crippen molar-refractivity contribution in [1.29, 1.82) is 0 Å². The Labute approximate surface area is 97.8 Å². The maximum Gasteiger partial charge on any atom is 0.416 e. The van der Waals surface area contributed by atoms with Gasteiger partial charge in [-0.1, -0.05) is 0 Å². The number of non-ortho nitro benzene ring substituents is 2. The summed E-state index contributed by atoms with van der Waals surface area (Å²) in [7, 11) is 0. The van der Waals surface area contributed by atoms with E-state index in [0.717, 1.165) is 0 Å². The highest BCUT2D eigenvalue weighted by molar-refractivity contribution is 5.85. The lowest BCUT2D eigenvalue weighted by molar-refractivity contribution is -0.394. The van der Waals surface area contributed by atoms with Crippen molar-refractivity contribution in [2.45, 2.75) is 6.18 Å². The fourth-order valence-corrected chi connectivity index (χ4v) is 0.970. The Balaban J connectivity index is 0.00000256. The summed E-state index contributed by atoms with van der Waals surface area (Å²) >= 11 is 0. The molecule has 17 heavy (non-hydrogen) atoms. The molecule has 0 fully saturated rings. The van der Waals surface area contributed by atoms with Crippen LogP contribution in [-0.4, -0.2) is 9.85 Å². The molecule has 0 aliphatic heterocycles. The minimum absolute atomic E-state index is 0. The first-order valence-electron chi connectivity index (χ1n) is 3.73. The van der Waals surface area contributed by atoms with Gasteiger partial charge in [0.25, 0.3) is 11.4 Å². The molecule has 0 radical (unpaired) electrons. The molecule has 1 aromatic rings. The van der Waals surface area contributed by atoms with E-state index in [-0.39, 0.29) is 24.5 Å². The van der Waals surface area contributed by atoms with Crippen LogP contribution in [0.25, 0.3) is 0 Å². The number of nitrogens with zero attached hydrogens (tertiary/aromatic N) is 2. The fraction of sp³-hybridized carbons (Fsp3) is 0.143. The van der Waals surface area contributed by atoms with E-state index >= 15 is 0 Å². The molecule has 6 nitrogen and oxygen atoms in total. The van der Waals surface area contributed by atoms with E-state index in [9.17, 15) is 33.4 Å². The van der Waals surface area contributed by atoms with E-state index in [1.165, 1.54) is 0 Å². The summed E-state index contributed by atoms with van der Waals surface area (Å²) in [6.07, 6.45) is -4.86. The molecule has 0 saturated carbocycles. The van der Waals surface area contributed by atoms with Gasteiger partial charge in [0.1, 0.15) is 0 Å². The SMILES string of the molecule is Cl.O=[N+]([O-])c1cc([N+](=O)[O-])cc(C(F)(F)F)c1. The Morgan fingerprint density at radius 3 is 1.53 bits per heavy atom. The Morgan fingerprint density at radius 1 is 0.941 bits per heavy atom. The van der Waals surface area contributed by atoms with Crippen LogP contribution in [0, 0.1) is 20.2 Å². The minimum Gasteiger partial charge on any atom is -0.258 e. The van der Waals surface area contributed by atoms with Crippen molar-refractivity contribution < 1.29 is 23.0 Å². The largest absolute Gasteiger partial charge is 0.416 e. The van der Waals surface area contributed by atoms with Crippen LogP contribution in [0.2, 0.25) is 0 Å². The molecule has 0 heterocycles. The van der Waals surface area contributed by atoms with Gasteiger partial charge >= 0.3 is 6.18 Å². The maximum absolute atomic E-state index is 12.2. The van der Waals surface area contributed by atoms with Crippen molar-refractivity contribution in [2.24, 2.45) is 0 Å². The third-order valence-electron chi connectivity index (χ3n) is 1.65. The van der Waals surface area contributed by atoms with Gasteiger partial charge in [0.05, 0.1) is 21.5 Å². The third-order valence-corrected chi connectivity index (χ3v) is 1.65. The topological polar surface area (TPSA) is 86.3 Å². The molecule has 0 bridgehead atoms. The zero-order chi connectivity index (χ0) is 12.5. The van der Waals surface area contributed by atoms with E-state index in [4.69, 9.17) is 0 Å². The number of nitro benzene ring substituents is 2. The van der Waals surface area contributed by atoms with Crippen molar-refractivity contribution in [3.63, 3.8) is 0 Å². The molecule has 1 rings (SSSR count). The Kier molecular flexibility index (Phi) is 4.40. The average molecular weight is 273 g/mol. The molecule has 0 N–H and O–H groups in total. The summed E-state index contributed by atoms with van der Waals surface area (Å²) in [6.45, 7) is 0. The van der Waals surface area contributed by atoms with Crippen LogP contribution in [0.1, 0.15) is 5.56 Å². The quantitative estimate of drug-likeness (QED) is 0.612. The standard InChI is InChI=1S/C7H3F3N2O4.ClH/c8-7(9,10)4-1-5(11(13)14)3-6(2-4)12(15)16;/h1-3H;1H. The fourth-order valence-electron chi connectivity index (χ4n) is 0.970. The first kappa shape index (κ1) is 15.1. The highest BCUT2D eigenvalue weighted by Gasteiger charge is 2.34. The molecule has 0 saturated heterocycles. The number of hydrogen-bond acceptors (Lipinski definition) is 4. The zero-order valence-electron chi connectivity index (χ0n) is 7.80. The van der Waals surface area contributed by atoms with Gasteiger partial charge in [0.15, 0.2) is 0 Å². The molecular formula is C7H4ClF3N2O4. The first-order chi connectivity index (χ1) is 7.21. The number of nitro groups is 2. The van der Waals surface area contributed by atoms with Crippen molar-refractivity contribution in [3.8, 4) is 0 Å². The maximum atomic E-state index is 12.2. The number of alkyl halides is 3. The number of halogens is 4. The molecule has 0 unspecified atom stereocenters. The lowest BCUT2D eigenvalue weighted by Crippen LogP contribution is -2.06. The van der Waals surface area contributed by atoms with Crippen LogP contribution in [0.5, 0.6) is 0 Å². The van der Waals surface area contributed by atoms with E-state index in [2.05, 4.69) is 0 Å². The van der Waals surface area contributed by atoms with Crippen molar-refractivity contribution in [1.82, 2.24) is 0 Å². The smallest absolute Gasteiger partial charge is 0.258 e. The van der Waals surface area contributed by atoms with Crippen LogP contribution >= 0.6 is 12.4 Å². The first-order valence-corrected chi connectivity index (χ1v) is 3.73. The summed E-state index contributed by atoms with van der Waals surface area (Å²) in [5, 5.41) is 20.5. The van der Waals surface area contributed by atoms with Crippen molar-refractivity contribution in [2.75, 3.05) is 0 Å². The lowest BCUT2D eigenvalue weighted by atomic mass is 10.1. The Bertz CT molecular complexity index is 431. The van der Waals surface area contributed by atoms with Gasteiger partial charge in [0, 0.05) is 12.1 Å². The Morgan fingerprint density at radius 2 is 1.29 bits per heavy atom. The van der Waals surface area contributed by atoms with Gasteiger partial charge in [-0.2, -0.15) is 13.2 Å². The van der Waals surface area contributed by atoms with Crippen LogP contribution in [0.4, 0.5) is 24.5 Å². The second kappa shape index (κ2) is 4.95. The van der Waals surface area contributed by atoms with Crippen LogP contribution in [0.15, 0.2) is 18.2 Å². The third kappa shape index (κ3) is 3.55. The van der Waals surface area contributed by atoms with Gasteiger partial charge in [-0.05, 0) is 0 Å². The molecular weight excluding hydrogens is 269 g/mol. The average Bonchev–Trinajstić information content (AvgIpc) is 2.15. The summed E-state index contributed by atoms with van der Waals surface area (Å²) in [5.41, 5.74) is -3.36. The van der Waals surface area contributed by atoms with Gasteiger partial charge in [-0.25, -0.2) is 0 Å². The van der Waals surface area contributed by atoms with Crippen molar-refractivity contribution >= 4 is 23.8 Å². The summed E-state index contributed by atoms with van der Waals surface area (Å²) in [5.74, 6) is 0. The van der Waals surface area contributed by atoms with Gasteiger partial charge < -0.3 is 0 Å².